The van der Waals surface area contributed by atoms with Gasteiger partial charge in [-0.05, 0) is 53.3 Å². The van der Waals surface area contributed by atoms with E-state index in [0.29, 0.717) is 11.0 Å². The molecular formula is C13H10ClIN2O. The second kappa shape index (κ2) is 4.66. The molecule has 2 aromatic rings. The van der Waals surface area contributed by atoms with Crippen LogP contribution >= 0.6 is 34.2 Å². The molecule has 0 bridgehead atoms. The molecule has 0 fully saturated rings. The van der Waals surface area contributed by atoms with Crippen LogP contribution in [-0.4, -0.2) is 16.6 Å². The molecule has 0 aliphatic carbocycles. The van der Waals surface area contributed by atoms with Crippen molar-refractivity contribution in [3.05, 3.63) is 38.2 Å². The van der Waals surface area contributed by atoms with Crippen LogP contribution in [0, 0.1) is 10.5 Å². The van der Waals surface area contributed by atoms with E-state index >= 15 is 0 Å². The van der Waals surface area contributed by atoms with Crippen molar-refractivity contribution >= 4 is 34.2 Å². The van der Waals surface area contributed by atoms with Gasteiger partial charge in [0.2, 0.25) is 0 Å². The Balaban J connectivity index is 2.10. The maximum Gasteiger partial charge on any atom is 0.161 e. The van der Waals surface area contributed by atoms with Crippen LogP contribution in [0.25, 0.3) is 11.4 Å². The van der Waals surface area contributed by atoms with Crippen LogP contribution < -0.4 is 4.74 Å². The molecule has 92 valence electrons. The SMILES string of the molecule is Cc1nc(-c2ccc3c(c2)CCO3)nc(Cl)c1I. The van der Waals surface area contributed by atoms with Crippen molar-refractivity contribution in [2.75, 3.05) is 6.61 Å². The summed E-state index contributed by atoms with van der Waals surface area (Å²) in [6.07, 6.45) is 0.945. The molecule has 0 N–H and O–H groups in total. The summed E-state index contributed by atoms with van der Waals surface area (Å²) >= 11 is 8.26. The highest BCUT2D eigenvalue weighted by molar-refractivity contribution is 14.1. The number of benzene rings is 1. The Labute approximate surface area is 124 Å². The number of rotatable bonds is 1. The first-order chi connectivity index (χ1) is 8.65. The number of ether oxygens (including phenoxy) is 1. The lowest BCUT2D eigenvalue weighted by Gasteiger charge is -2.06. The monoisotopic (exact) mass is 372 g/mol. The molecule has 1 aliphatic rings. The summed E-state index contributed by atoms with van der Waals surface area (Å²) in [6, 6.07) is 6.03. The van der Waals surface area contributed by atoms with E-state index in [1.54, 1.807) is 0 Å². The molecule has 0 saturated heterocycles. The number of aromatic nitrogens is 2. The Morgan fingerprint density at radius 2 is 2.17 bits per heavy atom. The van der Waals surface area contributed by atoms with E-state index < -0.39 is 0 Å². The van der Waals surface area contributed by atoms with Gasteiger partial charge >= 0.3 is 0 Å². The van der Waals surface area contributed by atoms with Gasteiger partial charge in [-0.3, -0.25) is 0 Å². The lowest BCUT2D eigenvalue weighted by molar-refractivity contribution is 0.357. The Morgan fingerprint density at radius 1 is 1.33 bits per heavy atom. The molecule has 0 amide bonds. The van der Waals surface area contributed by atoms with Crippen LogP contribution in [0.5, 0.6) is 5.75 Å². The molecule has 18 heavy (non-hydrogen) atoms. The number of hydrogen-bond acceptors (Lipinski definition) is 3. The quantitative estimate of drug-likeness (QED) is 0.566. The third-order valence-corrected chi connectivity index (χ3v) is 4.81. The summed E-state index contributed by atoms with van der Waals surface area (Å²) in [5.41, 5.74) is 3.10. The zero-order valence-corrected chi connectivity index (χ0v) is 12.6. The third kappa shape index (κ3) is 2.07. The largest absolute Gasteiger partial charge is 0.493 e. The van der Waals surface area contributed by atoms with Crippen molar-refractivity contribution in [2.24, 2.45) is 0 Å². The number of hydrogen-bond donors (Lipinski definition) is 0. The van der Waals surface area contributed by atoms with Crippen LogP contribution in [0.1, 0.15) is 11.3 Å². The van der Waals surface area contributed by atoms with Crippen molar-refractivity contribution < 1.29 is 4.74 Å². The Bertz CT molecular complexity index is 607. The van der Waals surface area contributed by atoms with Gasteiger partial charge in [0.25, 0.3) is 0 Å². The summed E-state index contributed by atoms with van der Waals surface area (Å²) in [5.74, 6) is 1.64. The highest BCUT2D eigenvalue weighted by atomic mass is 127. The third-order valence-electron chi connectivity index (χ3n) is 2.92. The smallest absolute Gasteiger partial charge is 0.161 e. The Hall–Kier alpha value is -0.880. The van der Waals surface area contributed by atoms with Crippen molar-refractivity contribution in [3.8, 4) is 17.1 Å². The second-order valence-electron chi connectivity index (χ2n) is 4.16. The van der Waals surface area contributed by atoms with E-state index in [4.69, 9.17) is 16.3 Å². The van der Waals surface area contributed by atoms with Crippen LogP contribution in [0.4, 0.5) is 0 Å². The normalized spacial score (nSPS) is 13.3. The Kier molecular flexibility index (Phi) is 3.15. The number of halogens is 2. The van der Waals surface area contributed by atoms with Gasteiger partial charge in [0.1, 0.15) is 10.9 Å². The van der Waals surface area contributed by atoms with Gasteiger partial charge in [0.05, 0.1) is 15.9 Å². The number of aryl methyl sites for hydroxylation is 1. The molecule has 5 heteroatoms. The average Bonchev–Trinajstić information content (AvgIpc) is 2.82. The first-order valence-corrected chi connectivity index (χ1v) is 7.06. The number of fused-ring (bicyclic) bond motifs is 1. The van der Waals surface area contributed by atoms with E-state index in [-0.39, 0.29) is 0 Å². The molecule has 1 aromatic carbocycles. The maximum absolute atomic E-state index is 6.10. The zero-order valence-electron chi connectivity index (χ0n) is 9.70. The molecule has 0 atom stereocenters. The van der Waals surface area contributed by atoms with Crippen molar-refractivity contribution in [1.82, 2.24) is 9.97 Å². The van der Waals surface area contributed by atoms with Gasteiger partial charge in [0.15, 0.2) is 5.82 Å². The van der Waals surface area contributed by atoms with Crippen molar-refractivity contribution in [3.63, 3.8) is 0 Å². The fraction of sp³-hybridized carbons (Fsp3) is 0.231. The summed E-state index contributed by atoms with van der Waals surface area (Å²) in [7, 11) is 0. The van der Waals surface area contributed by atoms with E-state index in [1.165, 1.54) is 5.56 Å². The molecule has 1 aliphatic heterocycles. The molecule has 3 nitrogen and oxygen atoms in total. The minimum atomic E-state index is 0.509. The standard InChI is InChI=1S/C13H10ClIN2O/c1-7-11(15)12(14)17-13(16-7)9-2-3-10-8(6-9)4-5-18-10/h2-3,6H,4-5H2,1H3. The average molecular weight is 373 g/mol. The molecular weight excluding hydrogens is 363 g/mol. The summed E-state index contributed by atoms with van der Waals surface area (Å²) < 4.78 is 6.39. The summed E-state index contributed by atoms with van der Waals surface area (Å²) in [6.45, 7) is 2.70. The molecule has 3 rings (SSSR count). The first-order valence-electron chi connectivity index (χ1n) is 5.61. The van der Waals surface area contributed by atoms with Crippen LogP contribution in [0.15, 0.2) is 18.2 Å². The van der Waals surface area contributed by atoms with E-state index in [2.05, 4.69) is 38.6 Å². The van der Waals surface area contributed by atoms with E-state index in [0.717, 1.165) is 33.6 Å². The molecule has 0 radical (unpaired) electrons. The molecule has 0 unspecified atom stereocenters. The highest BCUT2D eigenvalue weighted by Crippen LogP contribution is 2.30. The lowest BCUT2D eigenvalue weighted by Crippen LogP contribution is -1.96. The predicted octanol–water partition coefficient (Wildman–Crippen LogP) is 3.64. The highest BCUT2D eigenvalue weighted by Gasteiger charge is 2.15. The van der Waals surface area contributed by atoms with E-state index in [9.17, 15) is 0 Å². The van der Waals surface area contributed by atoms with Gasteiger partial charge in [-0.2, -0.15) is 0 Å². The van der Waals surface area contributed by atoms with Crippen LogP contribution in [0.3, 0.4) is 0 Å². The van der Waals surface area contributed by atoms with Crippen LogP contribution in [0.2, 0.25) is 5.15 Å². The van der Waals surface area contributed by atoms with Gasteiger partial charge in [-0.25, -0.2) is 9.97 Å². The molecule has 2 heterocycles. The van der Waals surface area contributed by atoms with Gasteiger partial charge in [-0.15, -0.1) is 0 Å². The zero-order chi connectivity index (χ0) is 12.7. The number of nitrogens with zero attached hydrogens (tertiary/aromatic N) is 2. The van der Waals surface area contributed by atoms with E-state index in [1.807, 2.05) is 19.1 Å². The second-order valence-corrected chi connectivity index (χ2v) is 5.60. The molecule has 0 saturated carbocycles. The maximum atomic E-state index is 6.10. The van der Waals surface area contributed by atoms with Crippen LogP contribution in [-0.2, 0) is 6.42 Å². The molecule has 0 spiro atoms. The first kappa shape index (κ1) is 12.2. The summed E-state index contributed by atoms with van der Waals surface area (Å²) in [5, 5.41) is 0.509. The fourth-order valence-electron chi connectivity index (χ4n) is 1.98. The predicted molar refractivity (Wildman–Crippen MR) is 79.1 cm³/mol. The minimum Gasteiger partial charge on any atom is -0.493 e. The lowest BCUT2D eigenvalue weighted by atomic mass is 10.1. The van der Waals surface area contributed by atoms with Gasteiger partial charge < -0.3 is 4.74 Å². The molecule has 1 aromatic heterocycles. The Morgan fingerprint density at radius 3 is 2.94 bits per heavy atom. The van der Waals surface area contributed by atoms with Gasteiger partial charge in [-0.1, -0.05) is 11.6 Å². The fourth-order valence-corrected chi connectivity index (χ4v) is 2.44. The van der Waals surface area contributed by atoms with Gasteiger partial charge in [0, 0.05) is 12.0 Å². The van der Waals surface area contributed by atoms with Crippen molar-refractivity contribution in [2.45, 2.75) is 13.3 Å². The minimum absolute atomic E-state index is 0.509. The van der Waals surface area contributed by atoms with Crippen molar-refractivity contribution in [1.29, 1.82) is 0 Å². The summed E-state index contributed by atoms with van der Waals surface area (Å²) in [4.78, 5) is 8.82. The topological polar surface area (TPSA) is 35.0 Å².